The van der Waals surface area contributed by atoms with E-state index in [0.29, 0.717) is 24.5 Å². The molecule has 3 heterocycles. The maximum atomic E-state index is 12.9. The Morgan fingerprint density at radius 2 is 1.60 bits per heavy atom. The Kier molecular flexibility index (Phi) is 10.0. The molecule has 0 saturated carbocycles. The predicted molar refractivity (Wildman–Crippen MR) is 149 cm³/mol. The van der Waals surface area contributed by atoms with E-state index in [1.165, 1.54) is 0 Å². The molecule has 3 aliphatic heterocycles. The van der Waals surface area contributed by atoms with E-state index in [0.717, 1.165) is 41.9 Å². The van der Waals surface area contributed by atoms with Crippen molar-refractivity contribution >= 4 is 11.8 Å². The second-order valence-corrected chi connectivity index (χ2v) is 11.3. The van der Waals surface area contributed by atoms with Gasteiger partial charge in [-0.15, -0.1) is 0 Å². The second-order valence-electron chi connectivity index (χ2n) is 11.3. The van der Waals surface area contributed by atoms with Crippen molar-refractivity contribution in [1.29, 1.82) is 0 Å². The molecule has 3 fully saturated rings. The van der Waals surface area contributed by atoms with Crippen LogP contribution in [0, 0.1) is 5.92 Å². The number of carbonyl (C=O) groups is 2. The average molecular weight is 606 g/mol. The number of aliphatic hydroxyl groups is 1. The van der Waals surface area contributed by atoms with Gasteiger partial charge in [0.15, 0.2) is 6.29 Å². The van der Waals surface area contributed by atoms with Crippen LogP contribution in [-0.4, -0.2) is 84.4 Å². The number of hydrogen-bond acceptors (Lipinski definition) is 7. The van der Waals surface area contributed by atoms with E-state index in [4.69, 9.17) is 14.2 Å². The van der Waals surface area contributed by atoms with Crippen LogP contribution in [0.5, 0.6) is 0 Å². The minimum atomic E-state index is -5.01. The molecule has 0 spiro atoms. The van der Waals surface area contributed by atoms with Gasteiger partial charge in [0.05, 0.1) is 32.0 Å². The summed E-state index contributed by atoms with van der Waals surface area (Å²) in [5.41, 5.74) is 3.35. The third-order valence-corrected chi connectivity index (χ3v) is 8.44. The zero-order valence-corrected chi connectivity index (χ0v) is 24.1. The average Bonchev–Trinajstić information content (AvgIpc) is 3.51. The van der Waals surface area contributed by atoms with E-state index in [1.54, 1.807) is 0 Å². The van der Waals surface area contributed by atoms with Crippen LogP contribution in [-0.2, 0) is 37.0 Å². The number of likely N-dealkylation sites (tertiary alicyclic amines) is 1. The van der Waals surface area contributed by atoms with Crippen molar-refractivity contribution in [3.63, 3.8) is 0 Å². The number of alkyl halides is 3. The van der Waals surface area contributed by atoms with Gasteiger partial charge in [-0.25, -0.2) is 0 Å². The molecule has 0 aromatic heterocycles. The van der Waals surface area contributed by atoms with Gasteiger partial charge in [-0.2, -0.15) is 13.2 Å². The van der Waals surface area contributed by atoms with Gasteiger partial charge in [0, 0.05) is 44.2 Å². The van der Waals surface area contributed by atoms with Crippen LogP contribution >= 0.6 is 0 Å². The number of halogens is 3. The Labute approximate surface area is 248 Å². The number of nitrogens with one attached hydrogen (secondary N) is 1. The molecular weight excluding hydrogens is 567 g/mol. The molecule has 0 aliphatic carbocycles. The number of rotatable bonds is 8. The van der Waals surface area contributed by atoms with Gasteiger partial charge in [0.25, 0.3) is 0 Å². The Morgan fingerprint density at radius 3 is 2.26 bits per heavy atom. The van der Waals surface area contributed by atoms with E-state index in [-0.39, 0.29) is 44.2 Å². The van der Waals surface area contributed by atoms with Crippen LogP contribution in [0.1, 0.15) is 54.4 Å². The van der Waals surface area contributed by atoms with E-state index in [9.17, 15) is 27.9 Å². The van der Waals surface area contributed by atoms with E-state index >= 15 is 0 Å². The Bertz CT molecular complexity index is 1240. The summed E-state index contributed by atoms with van der Waals surface area (Å²) in [4.78, 5) is 27.3. The molecule has 0 bridgehead atoms. The van der Waals surface area contributed by atoms with Crippen molar-refractivity contribution in [3.05, 3.63) is 70.8 Å². The maximum absolute atomic E-state index is 12.9. The highest BCUT2D eigenvalue weighted by Gasteiger charge is 2.47. The van der Waals surface area contributed by atoms with Crippen molar-refractivity contribution in [3.8, 4) is 0 Å². The lowest BCUT2D eigenvalue weighted by Gasteiger charge is -2.43. The Balaban J connectivity index is 1.25. The number of aliphatic hydroxyl groups excluding tert-OH is 1. The number of nitrogens with zero attached hydrogens (tertiary/aromatic N) is 2. The molecule has 5 atom stereocenters. The summed E-state index contributed by atoms with van der Waals surface area (Å²) in [5, 5.41) is 12.1. The van der Waals surface area contributed by atoms with Gasteiger partial charge in [-0.1, -0.05) is 55.5 Å². The molecule has 2 N–H and O–H groups in total. The van der Waals surface area contributed by atoms with Crippen molar-refractivity contribution < 1.29 is 42.1 Å². The highest BCUT2D eigenvalue weighted by Crippen LogP contribution is 2.42. The summed E-state index contributed by atoms with van der Waals surface area (Å²) in [6, 6.07) is 13.9. The molecule has 2 aromatic carbocycles. The summed E-state index contributed by atoms with van der Waals surface area (Å²) >= 11 is 0. The largest absolute Gasteiger partial charge is 0.471 e. The van der Waals surface area contributed by atoms with Crippen LogP contribution in [0.3, 0.4) is 0 Å². The quantitative estimate of drug-likeness (QED) is 0.476. The third-order valence-electron chi connectivity index (χ3n) is 8.44. The van der Waals surface area contributed by atoms with Gasteiger partial charge in [-0.3, -0.25) is 14.5 Å². The zero-order chi connectivity index (χ0) is 30.6. The van der Waals surface area contributed by atoms with Crippen molar-refractivity contribution in [2.24, 2.45) is 5.92 Å². The van der Waals surface area contributed by atoms with Gasteiger partial charge in [-0.05, 0) is 29.5 Å². The summed E-state index contributed by atoms with van der Waals surface area (Å²) in [6.07, 6.45) is -5.49. The van der Waals surface area contributed by atoms with Crippen LogP contribution in [0.25, 0.3) is 0 Å². The van der Waals surface area contributed by atoms with Crippen LogP contribution in [0.4, 0.5) is 13.2 Å². The van der Waals surface area contributed by atoms with Crippen LogP contribution in [0.15, 0.2) is 48.5 Å². The monoisotopic (exact) mass is 605 g/mol. The van der Waals surface area contributed by atoms with Gasteiger partial charge in [0.2, 0.25) is 5.91 Å². The SMILES string of the molecule is C[C@H]1[C@@H](CN2CCOCC2)O[C@@H](c2ccc(CNC(=O)[C@@H]3CCCN3C(=O)C(F)(F)F)cc2)O[C@H]1c1ccc(CO)cc1. The molecule has 0 radical (unpaired) electrons. The standard InChI is InChI=1S/C31H38F3N3O6/c1-20-26(18-36-13-15-41-16-14-36)42-29(43-27(20)23-8-6-22(19-38)7-9-23)24-10-4-21(5-11-24)17-35-28(39)25-3-2-12-37(25)30(40)31(32,33)34/h4-11,20,25-27,29,38H,2-3,12-19H2,1H3,(H,35,39)/t20-,25-,26+,27+,29+/m0/s1. The molecule has 12 heteroatoms. The van der Waals surface area contributed by atoms with E-state index < -0.39 is 30.3 Å². The molecule has 234 valence electrons. The minimum Gasteiger partial charge on any atom is -0.392 e. The molecular formula is C31H38F3N3O6. The number of carbonyl (C=O) groups excluding carboxylic acids is 2. The predicted octanol–water partition coefficient (Wildman–Crippen LogP) is 3.47. The molecule has 3 saturated heterocycles. The zero-order valence-electron chi connectivity index (χ0n) is 24.1. The molecule has 43 heavy (non-hydrogen) atoms. The second kappa shape index (κ2) is 13.7. The van der Waals surface area contributed by atoms with E-state index in [1.807, 2.05) is 48.5 Å². The molecule has 2 aromatic rings. The Hall–Kier alpha value is -3.03. The number of amides is 2. The number of ether oxygens (including phenoxy) is 3. The third kappa shape index (κ3) is 7.55. The number of benzene rings is 2. The molecule has 3 aliphatic rings. The smallest absolute Gasteiger partial charge is 0.392 e. The van der Waals surface area contributed by atoms with Crippen molar-refractivity contribution in [2.75, 3.05) is 39.4 Å². The highest BCUT2D eigenvalue weighted by atomic mass is 19.4. The fourth-order valence-electron chi connectivity index (χ4n) is 5.91. The van der Waals surface area contributed by atoms with Crippen molar-refractivity contribution in [1.82, 2.24) is 15.1 Å². The normalized spacial score (nSPS) is 26.8. The molecule has 5 rings (SSSR count). The molecule has 2 amide bonds. The number of morpholine rings is 1. The lowest BCUT2D eigenvalue weighted by molar-refractivity contribution is -0.277. The van der Waals surface area contributed by atoms with Crippen LogP contribution in [0.2, 0.25) is 0 Å². The van der Waals surface area contributed by atoms with Gasteiger partial charge >= 0.3 is 12.1 Å². The number of hydrogen-bond donors (Lipinski definition) is 2. The first-order valence-electron chi connectivity index (χ1n) is 14.7. The summed E-state index contributed by atoms with van der Waals surface area (Å²) in [5.74, 6) is -2.54. The first-order valence-corrected chi connectivity index (χ1v) is 14.7. The lowest BCUT2D eigenvalue weighted by atomic mass is 9.90. The Morgan fingerprint density at radius 1 is 0.953 bits per heavy atom. The van der Waals surface area contributed by atoms with Gasteiger partial charge < -0.3 is 29.5 Å². The summed E-state index contributed by atoms with van der Waals surface area (Å²) in [7, 11) is 0. The fourth-order valence-corrected chi connectivity index (χ4v) is 5.91. The summed E-state index contributed by atoms with van der Waals surface area (Å²) < 4.78 is 57.3. The minimum absolute atomic E-state index is 0.0376. The molecule has 0 unspecified atom stereocenters. The summed E-state index contributed by atoms with van der Waals surface area (Å²) in [6.45, 7) is 5.85. The first kappa shape index (κ1) is 31.4. The highest BCUT2D eigenvalue weighted by molar-refractivity contribution is 5.90. The first-order chi connectivity index (χ1) is 20.6. The van der Waals surface area contributed by atoms with Crippen LogP contribution < -0.4 is 5.32 Å². The fraction of sp³-hybridized carbons (Fsp3) is 0.548. The van der Waals surface area contributed by atoms with Gasteiger partial charge in [0.1, 0.15) is 6.04 Å². The maximum Gasteiger partial charge on any atom is 0.471 e. The topological polar surface area (TPSA) is 101 Å². The van der Waals surface area contributed by atoms with Crippen molar-refractivity contribution in [2.45, 2.75) is 63.6 Å². The van der Waals surface area contributed by atoms with E-state index in [2.05, 4.69) is 17.1 Å². The lowest BCUT2D eigenvalue weighted by Crippen LogP contribution is -2.50. The molecule has 9 nitrogen and oxygen atoms in total.